The van der Waals surface area contributed by atoms with Gasteiger partial charge in [-0.1, -0.05) is 0 Å². The van der Waals surface area contributed by atoms with Crippen LogP contribution in [0.5, 0.6) is 0 Å². The fourth-order valence-electron chi connectivity index (χ4n) is 0.362. The maximum atomic E-state index is 10.2. The molecule has 0 aromatic rings. The molecule has 0 aromatic heterocycles. The average molecular weight is 232 g/mol. The molecule has 0 aromatic carbocycles. The van der Waals surface area contributed by atoms with E-state index < -0.39 is 22.0 Å². The number of carbonyl (C=O) groups is 2. The maximum absolute atomic E-state index is 10.2. The average Bonchev–Trinajstić information content (AvgIpc) is 1.79. The molecular formula is C2H6N2Na2O6S. The van der Waals surface area contributed by atoms with Gasteiger partial charge < -0.3 is 11.0 Å². The van der Waals surface area contributed by atoms with Crippen LogP contribution >= 0.6 is 0 Å². The van der Waals surface area contributed by atoms with Crippen molar-refractivity contribution < 1.29 is 29.0 Å². The van der Waals surface area contributed by atoms with E-state index in [1.54, 1.807) is 0 Å². The topological polar surface area (TPSA) is 155 Å². The predicted octanol–water partition coefficient (Wildman–Crippen LogP) is -4.93. The van der Waals surface area contributed by atoms with E-state index in [4.69, 9.17) is 0 Å². The second-order valence-corrected chi connectivity index (χ2v) is 2.78. The predicted molar refractivity (Wildman–Crippen MR) is 43.9 cm³/mol. The van der Waals surface area contributed by atoms with Crippen LogP contribution in [0.1, 0.15) is 0 Å². The molecule has 0 unspecified atom stereocenters. The minimum Gasteiger partial charge on any atom is -0.412 e. The Hall–Kier alpha value is 0.810. The van der Waals surface area contributed by atoms with E-state index >= 15 is 0 Å². The molecule has 1 heterocycles. The fraction of sp³-hybridized carbons (Fsp3) is 0. The van der Waals surface area contributed by atoms with Crippen LogP contribution in [0.4, 0.5) is 0 Å². The third kappa shape index (κ3) is 6.82. The molecule has 68 valence electrons. The summed E-state index contributed by atoms with van der Waals surface area (Å²) in [4.78, 5) is 20.2. The summed E-state index contributed by atoms with van der Waals surface area (Å²) in [5.74, 6) is -2.29. The molecule has 1 aliphatic heterocycles. The van der Waals surface area contributed by atoms with Crippen molar-refractivity contribution in [1.82, 2.24) is 9.44 Å². The Morgan fingerprint density at radius 2 is 1.08 bits per heavy atom. The van der Waals surface area contributed by atoms with Gasteiger partial charge in [-0.2, -0.15) is 8.42 Å². The SMILES string of the molecule is O.O.O=C1NS(=O)(=O)NC1=O.[Na].[Na]. The zero-order valence-corrected chi connectivity index (χ0v) is 11.9. The second-order valence-electron chi connectivity index (χ2n) is 1.37. The van der Waals surface area contributed by atoms with Gasteiger partial charge in [0.15, 0.2) is 0 Å². The molecule has 1 fully saturated rings. The van der Waals surface area contributed by atoms with E-state index in [0.717, 1.165) is 0 Å². The monoisotopic (exact) mass is 232 g/mol. The van der Waals surface area contributed by atoms with E-state index in [0.29, 0.717) is 0 Å². The number of amides is 2. The molecule has 2 radical (unpaired) electrons. The Kier molecular flexibility index (Phi) is 14.8. The van der Waals surface area contributed by atoms with Crippen LogP contribution in [0.15, 0.2) is 0 Å². The summed E-state index contributed by atoms with van der Waals surface area (Å²) in [6.45, 7) is 0. The van der Waals surface area contributed by atoms with Crippen LogP contribution in [0, 0.1) is 0 Å². The quantitative estimate of drug-likeness (QED) is 0.317. The van der Waals surface area contributed by atoms with E-state index in [1.807, 2.05) is 0 Å². The second kappa shape index (κ2) is 8.15. The molecule has 1 saturated heterocycles. The van der Waals surface area contributed by atoms with Gasteiger partial charge in [-0.25, -0.2) is 9.44 Å². The Labute approximate surface area is 118 Å². The third-order valence-electron chi connectivity index (χ3n) is 0.660. The minimum atomic E-state index is -3.84. The summed E-state index contributed by atoms with van der Waals surface area (Å²) >= 11 is 0. The first-order chi connectivity index (χ1) is 4.01. The van der Waals surface area contributed by atoms with Gasteiger partial charge in [0.1, 0.15) is 0 Å². The number of hydrogen-bond acceptors (Lipinski definition) is 4. The van der Waals surface area contributed by atoms with Crippen LogP contribution < -0.4 is 9.44 Å². The van der Waals surface area contributed by atoms with Gasteiger partial charge in [-0.15, -0.1) is 0 Å². The molecule has 8 nitrogen and oxygen atoms in total. The van der Waals surface area contributed by atoms with Crippen LogP contribution in [0.2, 0.25) is 0 Å². The number of carbonyl (C=O) groups excluding carboxylic acids is 2. The largest absolute Gasteiger partial charge is 0.412 e. The van der Waals surface area contributed by atoms with Crippen LogP contribution in [0.25, 0.3) is 0 Å². The van der Waals surface area contributed by atoms with Crippen molar-refractivity contribution in [2.45, 2.75) is 0 Å². The minimum absolute atomic E-state index is 0. The van der Waals surface area contributed by atoms with Crippen molar-refractivity contribution in [2.75, 3.05) is 0 Å². The van der Waals surface area contributed by atoms with Gasteiger partial charge in [0.2, 0.25) is 0 Å². The zero-order chi connectivity index (χ0) is 7.07. The van der Waals surface area contributed by atoms with Crippen molar-refractivity contribution >= 4 is 81.1 Å². The Bertz CT molecular complexity index is 252. The normalized spacial score (nSPS) is 16.0. The smallest absolute Gasteiger partial charge is 0.326 e. The number of hydrogen-bond donors (Lipinski definition) is 2. The van der Waals surface area contributed by atoms with Gasteiger partial charge in [0.25, 0.3) is 0 Å². The molecule has 0 bridgehead atoms. The molecule has 0 aliphatic carbocycles. The van der Waals surface area contributed by atoms with Crippen LogP contribution in [-0.2, 0) is 19.8 Å². The first-order valence-corrected chi connectivity index (χ1v) is 3.38. The molecule has 6 N–H and O–H groups in total. The van der Waals surface area contributed by atoms with Crippen molar-refractivity contribution in [2.24, 2.45) is 0 Å². The molecule has 1 aliphatic rings. The molecule has 0 spiro atoms. The van der Waals surface area contributed by atoms with Crippen molar-refractivity contribution in [3.8, 4) is 0 Å². The summed E-state index contributed by atoms with van der Waals surface area (Å²) in [6.07, 6.45) is 0. The van der Waals surface area contributed by atoms with Crippen molar-refractivity contribution in [3.63, 3.8) is 0 Å². The van der Waals surface area contributed by atoms with Gasteiger partial charge in [-0.05, 0) is 0 Å². The summed E-state index contributed by atoms with van der Waals surface area (Å²) in [5, 5.41) is 0. The Morgan fingerprint density at radius 3 is 1.15 bits per heavy atom. The molecule has 1 rings (SSSR count). The summed E-state index contributed by atoms with van der Waals surface area (Å²) in [5.41, 5.74) is 0. The summed E-state index contributed by atoms with van der Waals surface area (Å²) < 4.78 is 23.2. The first-order valence-electron chi connectivity index (χ1n) is 1.90. The fourth-order valence-corrected chi connectivity index (χ4v) is 1.09. The van der Waals surface area contributed by atoms with Gasteiger partial charge in [0.05, 0.1) is 0 Å². The molecule has 13 heavy (non-hydrogen) atoms. The standard InChI is InChI=1S/C2H2N2O4S.2Na.2H2O/c5-1-2(6)4-9(7,8)3-1;;;;/h(H,3,5)(H,4,6);;;2*1H2. The van der Waals surface area contributed by atoms with Crippen LogP contribution in [-0.4, -0.2) is 90.3 Å². The zero-order valence-electron chi connectivity index (χ0n) is 7.04. The molecule has 0 saturated carbocycles. The van der Waals surface area contributed by atoms with Crippen molar-refractivity contribution in [3.05, 3.63) is 0 Å². The molecule has 2 amide bonds. The third-order valence-corrected chi connectivity index (χ3v) is 1.57. The summed E-state index contributed by atoms with van der Waals surface area (Å²) in [6, 6.07) is 0. The summed E-state index contributed by atoms with van der Waals surface area (Å²) in [7, 11) is -3.84. The van der Waals surface area contributed by atoms with E-state index in [1.165, 1.54) is 9.44 Å². The van der Waals surface area contributed by atoms with E-state index in [2.05, 4.69) is 0 Å². The van der Waals surface area contributed by atoms with Gasteiger partial charge in [0, 0.05) is 59.1 Å². The number of nitrogens with one attached hydrogen (secondary N) is 2. The van der Waals surface area contributed by atoms with Crippen molar-refractivity contribution in [1.29, 1.82) is 0 Å². The molecule has 0 atom stereocenters. The van der Waals surface area contributed by atoms with E-state index in [9.17, 15) is 18.0 Å². The van der Waals surface area contributed by atoms with E-state index in [-0.39, 0.29) is 70.1 Å². The first kappa shape index (κ1) is 23.5. The van der Waals surface area contributed by atoms with Gasteiger partial charge in [-0.3, -0.25) is 9.59 Å². The molecular weight excluding hydrogens is 226 g/mol. The maximum Gasteiger partial charge on any atom is 0.326 e. The Morgan fingerprint density at radius 1 is 0.846 bits per heavy atom. The Balaban J connectivity index is -0.000000101. The number of rotatable bonds is 0. The molecule has 11 heteroatoms. The van der Waals surface area contributed by atoms with Gasteiger partial charge >= 0.3 is 22.0 Å². The van der Waals surface area contributed by atoms with Crippen LogP contribution in [0.3, 0.4) is 0 Å².